The second-order valence-electron chi connectivity index (χ2n) is 2.96. The Balaban J connectivity index is 2.02. The topological polar surface area (TPSA) is 101 Å². The van der Waals surface area contributed by atoms with Gasteiger partial charge in [-0.15, -0.1) is 0 Å². The Kier molecular flexibility index (Phi) is 2.73. The molecule has 0 aliphatic rings. The van der Waals surface area contributed by atoms with Crippen LogP contribution in [0.25, 0.3) is 0 Å². The SMILES string of the molecule is Cc1nc(CNc2nccc(C#N)n2)no1. The summed E-state index contributed by atoms with van der Waals surface area (Å²) in [5.41, 5.74) is 0.307. The summed E-state index contributed by atoms with van der Waals surface area (Å²) in [4.78, 5) is 11.9. The van der Waals surface area contributed by atoms with Gasteiger partial charge in [-0.1, -0.05) is 5.16 Å². The highest BCUT2D eigenvalue weighted by atomic mass is 16.5. The van der Waals surface area contributed by atoms with Crippen LogP contribution in [0, 0.1) is 18.3 Å². The fourth-order valence-corrected chi connectivity index (χ4v) is 1.08. The van der Waals surface area contributed by atoms with E-state index in [1.165, 1.54) is 12.3 Å². The number of nitrogens with one attached hydrogen (secondary N) is 1. The van der Waals surface area contributed by atoms with Gasteiger partial charge in [-0.3, -0.25) is 0 Å². The minimum Gasteiger partial charge on any atom is -0.347 e. The number of aromatic nitrogens is 4. The monoisotopic (exact) mass is 216 g/mol. The van der Waals surface area contributed by atoms with Crippen molar-refractivity contribution in [1.82, 2.24) is 20.1 Å². The zero-order chi connectivity index (χ0) is 11.4. The average Bonchev–Trinajstić information content (AvgIpc) is 2.73. The van der Waals surface area contributed by atoms with E-state index in [-0.39, 0.29) is 0 Å². The molecule has 0 saturated carbocycles. The highest BCUT2D eigenvalue weighted by Crippen LogP contribution is 2.02. The summed E-state index contributed by atoms with van der Waals surface area (Å²) in [5, 5.41) is 15.2. The molecule has 80 valence electrons. The van der Waals surface area contributed by atoms with E-state index >= 15 is 0 Å². The van der Waals surface area contributed by atoms with Crippen molar-refractivity contribution < 1.29 is 4.52 Å². The lowest BCUT2D eigenvalue weighted by atomic mass is 10.4. The van der Waals surface area contributed by atoms with Crippen molar-refractivity contribution in [2.45, 2.75) is 13.5 Å². The maximum Gasteiger partial charge on any atom is 0.224 e. The molecule has 0 amide bonds. The smallest absolute Gasteiger partial charge is 0.224 e. The van der Waals surface area contributed by atoms with Gasteiger partial charge in [-0.05, 0) is 6.07 Å². The summed E-state index contributed by atoms with van der Waals surface area (Å²) in [6, 6.07) is 3.46. The third kappa shape index (κ3) is 2.30. The molecule has 0 radical (unpaired) electrons. The van der Waals surface area contributed by atoms with Crippen LogP contribution in [0.2, 0.25) is 0 Å². The van der Waals surface area contributed by atoms with Crippen molar-refractivity contribution in [3.05, 3.63) is 29.7 Å². The Labute approximate surface area is 91.2 Å². The number of hydrogen-bond donors (Lipinski definition) is 1. The van der Waals surface area contributed by atoms with Crippen molar-refractivity contribution in [3.8, 4) is 6.07 Å². The van der Waals surface area contributed by atoms with Crippen LogP contribution < -0.4 is 5.32 Å². The maximum absolute atomic E-state index is 8.64. The molecule has 1 N–H and O–H groups in total. The first-order chi connectivity index (χ1) is 7.78. The lowest BCUT2D eigenvalue weighted by molar-refractivity contribution is 0.388. The normalized spacial score (nSPS) is 9.75. The number of rotatable bonds is 3. The Morgan fingerprint density at radius 1 is 1.50 bits per heavy atom. The van der Waals surface area contributed by atoms with Gasteiger partial charge in [0.05, 0.1) is 6.54 Å². The van der Waals surface area contributed by atoms with Crippen LogP contribution in [0.5, 0.6) is 0 Å². The van der Waals surface area contributed by atoms with Crippen LogP contribution in [-0.4, -0.2) is 20.1 Å². The van der Waals surface area contributed by atoms with Gasteiger partial charge in [0.25, 0.3) is 0 Å². The van der Waals surface area contributed by atoms with Gasteiger partial charge in [-0.2, -0.15) is 10.2 Å². The highest BCUT2D eigenvalue weighted by Gasteiger charge is 2.03. The fourth-order valence-electron chi connectivity index (χ4n) is 1.08. The van der Waals surface area contributed by atoms with Crippen LogP contribution in [0.4, 0.5) is 5.95 Å². The van der Waals surface area contributed by atoms with Crippen molar-refractivity contribution in [2.24, 2.45) is 0 Å². The first kappa shape index (κ1) is 10.0. The Hall–Kier alpha value is -2.49. The second kappa shape index (κ2) is 4.35. The minimum atomic E-state index is 0.307. The third-order valence-corrected chi connectivity index (χ3v) is 1.74. The van der Waals surface area contributed by atoms with Crippen molar-refractivity contribution in [3.63, 3.8) is 0 Å². The summed E-state index contributed by atoms with van der Waals surface area (Å²) in [7, 11) is 0. The molecule has 0 unspecified atom stereocenters. The van der Waals surface area contributed by atoms with E-state index in [2.05, 4.69) is 25.4 Å². The summed E-state index contributed by atoms with van der Waals surface area (Å²) in [5.74, 6) is 1.38. The van der Waals surface area contributed by atoms with E-state index < -0.39 is 0 Å². The molecule has 0 aliphatic heterocycles. The minimum absolute atomic E-state index is 0.307. The van der Waals surface area contributed by atoms with Gasteiger partial charge < -0.3 is 9.84 Å². The zero-order valence-corrected chi connectivity index (χ0v) is 8.51. The zero-order valence-electron chi connectivity index (χ0n) is 8.51. The van der Waals surface area contributed by atoms with Gasteiger partial charge in [0, 0.05) is 13.1 Å². The van der Waals surface area contributed by atoms with Crippen molar-refractivity contribution in [1.29, 1.82) is 5.26 Å². The Bertz CT molecular complexity index is 529. The Morgan fingerprint density at radius 3 is 3.06 bits per heavy atom. The van der Waals surface area contributed by atoms with Crippen LogP contribution in [0.3, 0.4) is 0 Å². The van der Waals surface area contributed by atoms with E-state index in [1.807, 2.05) is 6.07 Å². The van der Waals surface area contributed by atoms with Gasteiger partial charge in [-0.25, -0.2) is 9.97 Å². The molecule has 0 atom stereocenters. The molecule has 0 bridgehead atoms. The van der Waals surface area contributed by atoms with Crippen molar-refractivity contribution in [2.75, 3.05) is 5.32 Å². The molecule has 2 aromatic heterocycles. The number of nitriles is 1. The molecular weight excluding hydrogens is 208 g/mol. The molecule has 2 heterocycles. The molecule has 0 spiro atoms. The lowest BCUT2D eigenvalue weighted by Crippen LogP contribution is -2.05. The summed E-state index contributed by atoms with van der Waals surface area (Å²) in [6.07, 6.45) is 1.51. The van der Waals surface area contributed by atoms with E-state index in [0.717, 1.165) is 0 Å². The number of hydrogen-bond acceptors (Lipinski definition) is 7. The van der Waals surface area contributed by atoms with E-state index in [0.29, 0.717) is 29.9 Å². The van der Waals surface area contributed by atoms with Crippen LogP contribution in [0.15, 0.2) is 16.8 Å². The maximum atomic E-state index is 8.64. The fraction of sp³-hybridized carbons (Fsp3) is 0.222. The van der Waals surface area contributed by atoms with Crippen molar-refractivity contribution >= 4 is 5.95 Å². The first-order valence-corrected chi connectivity index (χ1v) is 4.54. The molecule has 0 fully saturated rings. The highest BCUT2D eigenvalue weighted by molar-refractivity contribution is 5.29. The van der Waals surface area contributed by atoms with E-state index in [9.17, 15) is 0 Å². The van der Waals surface area contributed by atoms with Crippen LogP contribution >= 0.6 is 0 Å². The van der Waals surface area contributed by atoms with Gasteiger partial charge >= 0.3 is 0 Å². The third-order valence-electron chi connectivity index (χ3n) is 1.74. The molecule has 0 saturated heterocycles. The number of nitrogens with zero attached hydrogens (tertiary/aromatic N) is 5. The largest absolute Gasteiger partial charge is 0.347 e. The summed E-state index contributed by atoms with van der Waals surface area (Å²) < 4.78 is 4.80. The number of anilines is 1. The molecule has 2 rings (SSSR count). The molecule has 2 aromatic rings. The molecule has 7 nitrogen and oxygen atoms in total. The Morgan fingerprint density at radius 2 is 2.38 bits per heavy atom. The van der Waals surface area contributed by atoms with Gasteiger partial charge in [0.1, 0.15) is 11.8 Å². The predicted molar refractivity (Wildman–Crippen MR) is 53.1 cm³/mol. The molecule has 0 aliphatic carbocycles. The lowest BCUT2D eigenvalue weighted by Gasteiger charge is -2.00. The second-order valence-corrected chi connectivity index (χ2v) is 2.96. The standard InChI is InChI=1S/C9H8N6O/c1-6-13-8(15-16-6)5-12-9-11-3-2-7(4-10)14-9/h2-3H,5H2,1H3,(H,11,12,14). The van der Waals surface area contributed by atoms with Gasteiger partial charge in [0.15, 0.2) is 5.82 Å². The molecule has 7 heteroatoms. The summed E-state index contributed by atoms with van der Waals surface area (Å²) >= 11 is 0. The van der Waals surface area contributed by atoms with E-state index in [1.54, 1.807) is 6.92 Å². The molecule has 0 aromatic carbocycles. The van der Waals surface area contributed by atoms with Crippen LogP contribution in [-0.2, 0) is 6.54 Å². The van der Waals surface area contributed by atoms with Crippen LogP contribution in [0.1, 0.15) is 17.4 Å². The molecular formula is C9H8N6O. The molecule has 16 heavy (non-hydrogen) atoms. The predicted octanol–water partition coefficient (Wildman–Crippen LogP) is 0.652. The van der Waals surface area contributed by atoms with Gasteiger partial charge in [0.2, 0.25) is 11.8 Å². The first-order valence-electron chi connectivity index (χ1n) is 4.54. The number of aryl methyl sites for hydroxylation is 1. The average molecular weight is 216 g/mol. The quantitative estimate of drug-likeness (QED) is 0.803. The van der Waals surface area contributed by atoms with E-state index in [4.69, 9.17) is 9.78 Å². The summed E-state index contributed by atoms with van der Waals surface area (Å²) in [6.45, 7) is 2.07.